The third-order valence-corrected chi connectivity index (χ3v) is 6.61. The molecular weight excluding hydrogens is 410 g/mol. The normalized spacial score (nSPS) is 14.9. The topological polar surface area (TPSA) is 70.6 Å². The number of benzene rings is 1. The first-order chi connectivity index (χ1) is 14.9. The molecule has 0 radical (unpaired) electrons. The van der Waals surface area contributed by atoms with Crippen LogP contribution in [0.4, 0.5) is 11.6 Å². The number of carbonyl (C=O) groups is 1. The smallest absolute Gasteiger partial charge is 0.262 e. The second-order valence-electron chi connectivity index (χ2n) is 8.22. The molecule has 7 nitrogen and oxygen atoms in total. The number of ether oxygens (including phenoxy) is 1. The van der Waals surface area contributed by atoms with Crippen LogP contribution in [0.15, 0.2) is 30.3 Å². The fourth-order valence-corrected chi connectivity index (χ4v) is 4.60. The molecule has 1 N–H and O–H groups in total. The van der Waals surface area contributed by atoms with Crippen LogP contribution in [0.3, 0.4) is 0 Å². The van der Waals surface area contributed by atoms with Gasteiger partial charge in [-0.2, -0.15) is 0 Å². The highest BCUT2D eigenvalue weighted by Gasteiger charge is 2.22. The molecule has 1 fully saturated rings. The summed E-state index contributed by atoms with van der Waals surface area (Å²) in [6, 6.07) is 10.2. The Morgan fingerprint density at radius 1 is 1.19 bits per heavy atom. The van der Waals surface area contributed by atoms with E-state index in [-0.39, 0.29) is 12.5 Å². The molecule has 8 heteroatoms. The fraction of sp³-hybridized carbons (Fsp3) is 0.435. The lowest BCUT2D eigenvalue weighted by Gasteiger charge is -2.35. The van der Waals surface area contributed by atoms with Crippen molar-refractivity contribution in [1.82, 2.24) is 14.9 Å². The van der Waals surface area contributed by atoms with Crippen molar-refractivity contribution in [2.24, 2.45) is 0 Å². The van der Waals surface area contributed by atoms with Crippen molar-refractivity contribution in [3.05, 3.63) is 40.9 Å². The molecule has 1 amide bonds. The van der Waals surface area contributed by atoms with Crippen LogP contribution < -0.4 is 15.0 Å². The zero-order valence-electron chi connectivity index (χ0n) is 18.5. The van der Waals surface area contributed by atoms with Gasteiger partial charge in [0.25, 0.3) is 5.91 Å². The molecule has 1 saturated heterocycles. The Kier molecular flexibility index (Phi) is 6.38. The maximum Gasteiger partial charge on any atom is 0.262 e. The molecule has 0 spiro atoms. The molecule has 1 aliphatic heterocycles. The number of thiophene rings is 1. The zero-order valence-corrected chi connectivity index (χ0v) is 19.3. The molecule has 2 aromatic heterocycles. The number of nitrogens with one attached hydrogen (secondary N) is 1. The van der Waals surface area contributed by atoms with Crippen LogP contribution in [0.1, 0.15) is 23.4 Å². The molecule has 164 valence electrons. The van der Waals surface area contributed by atoms with Crippen molar-refractivity contribution in [3.8, 4) is 5.06 Å². The Labute approximate surface area is 187 Å². The van der Waals surface area contributed by atoms with E-state index in [2.05, 4.69) is 29.2 Å². The Morgan fingerprint density at radius 3 is 2.65 bits per heavy atom. The average molecular weight is 440 g/mol. The van der Waals surface area contributed by atoms with Gasteiger partial charge in [-0.1, -0.05) is 0 Å². The summed E-state index contributed by atoms with van der Waals surface area (Å²) in [7, 11) is 4.28. The molecule has 31 heavy (non-hydrogen) atoms. The lowest BCUT2D eigenvalue weighted by atomic mass is 10.0. The van der Waals surface area contributed by atoms with E-state index in [1.165, 1.54) is 11.3 Å². The number of piperidine rings is 1. The SMILES string of the molecule is Cc1ccc(OCC(=O)Nc2ccc3nc(N4CCC(N(C)C)CC4)nc(C)c3c2)s1. The fourth-order valence-electron chi connectivity index (χ4n) is 3.89. The van der Waals surface area contributed by atoms with Gasteiger partial charge in [0.05, 0.1) is 11.2 Å². The Bertz CT molecular complexity index is 1070. The number of aromatic nitrogens is 2. The van der Waals surface area contributed by atoms with Gasteiger partial charge in [0.1, 0.15) is 0 Å². The second kappa shape index (κ2) is 9.20. The van der Waals surface area contributed by atoms with E-state index in [0.29, 0.717) is 6.04 Å². The highest BCUT2D eigenvalue weighted by atomic mass is 32.1. The van der Waals surface area contributed by atoms with Crippen molar-refractivity contribution >= 4 is 39.8 Å². The third-order valence-electron chi connectivity index (χ3n) is 5.70. The first-order valence-corrected chi connectivity index (χ1v) is 11.4. The number of hydrogen-bond acceptors (Lipinski definition) is 7. The van der Waals surface area contributed by atoms with Crippen molar-refractivity contribution in [2.45, 2.75) is 32.7 Å². The number of carbonyl (C=O) groups excluding carboxylic acids is 1. The van der Waals surface area contributed by atoms with Gasteiger partial charge in [0, 0.05) is 35.1 Å². The van der Waals surface area contributed by atoms with E-state index in [4.69, 9.17) is 14.7 Å². The maximum atomic E-state index is 12.3. The lowest BCUT2D eigenvalue weighted by molar-refractivity contribution is -0.118. The first-order valence-electron chi connectivity index (χ1n) is 10.6. The van der Waals surface area contributed by atoms with E-state index in [0.717, 1.165) is 64.1 Å². The predicted molar refractivity (Wildman–Crippen MR) is 126 cm³/mol. The number of hydrogen-bond donors (Lipinski definition) is 1. The van der Waals surface area contributed by atoms with Crippen molar-refractivity contribution in [2.75, 3.05) is 44.0 Å². The number of rotatable bonds is 6. The lowest BCUT2D eigenvalue weighted by Crippen LogP contribution is -2.42. The van der Waals surface area contributed by atoms with Crippen LogP contribution in [-0.4, -0.2) is 60.6 Å². The number of nitrogens with zero attached hydrogens (tertiary/aromatic N) is 4. The first kappa shape index (κ1) is 21.5. The molecule has 3 aromatic rings. The van der Waals surface area contributed by atoms with E-state index >= 15 is 0 Å². The summed E-state index contributed by atoms with van der Waals surface area (Å²) in [5.41, 5.74) is 2.52. The molecule has 3 heterocycles. The van der Waals surface area contributed by atoms with Crippen LogP contribution >= 0.6 is 11.3 Å². The largest absolute Gasteiger partial charge is 0.474 e. The van der Waals surface area contributed by atoms with Gasteiger partial charge in [0.15, 0.2) is 11.7 Å². The summed E-state index contributed by atoms with van der Waals surface area (Å²) < 4.78 is 5.55. The van der Waals surface area contributed by atoms with Gasteiger partial charge in [-0.3, -0.25) is 4.79 Å². The summed E-state index contributed by atoms with van der Waals surface area (Å²) in [4.78, 5) is 27.5. The summed E-state index contributed by atoms with van der Waals surface area (Å²) in [6.07, 6.45) is 2.23. The van der Waals surface area contributed by atoms with Gasteiger partial charge in [-0.25, -0.2) is 9.97 Å². The number of anilines is 2. The zero-order chi connectivity index (χ0) is 22.0. The number of amides is 1. The van der Waals surface area contributed by atoms with E-state index < -0.39 is 0 Å². The van der Waals surface area contributed by atoms with Crippen LogP contribution in [0.2, 0.25) is 0 Å². The maximum absolute atomic E-state index is 12.3. The Hall–Kier alpha value is -2.71. The molecule has 1 aromatic carbocycles. The standard InChI is InChI=1S/C23H29N5O2S/c1-15-5-8-22(31-15)30-14-21(29)25-17-6-7-20-19(13-17)16(2)24-23(26-20)28-11-9-18(10-12-28)27(3)4/h5-8,13,18H,9-12,14H2,1-4H3,(H,25,29). The van der Waals surface area contributed by atoms with Crippen molar-refractivity contribution < 1.29 is 9.53 Å². The highest BCUT2D eigenvalue weighted by molar-refractivity contribution is 7.13. The van der Waals surface area contributed by atoms with Crippen molar-refractivity contribution in [1.29, 1.82) is 0 Å². The van der Waals surface area contributed by atoms with Gasteiger partial charge >= 0.3 is 0 Å². The molecule has 0 atom stereocenters. The van der Waals surface area contributed by atoms with Gasteiger partial charge < -0.3 is 19.9 Å². The van der Waals surface area contributed by atoms with E-state index in [1.807, 2.05) is 44.2 Å². The van der Waals surface area contributed by atoms with Crippen LogP contribution in [0.25, 0.3) is 10.9 Å². The monoisotopic (exact) mass is 439 g/mol. The minimum atomic E-state index is -0.190. The molecular formula is C23H29N5O2S. The van der Waals surface area contributed by atoms with Crippen LogP contribution in [-0.2, 0) is 4.79 Å². The molecule has 1 aliphatic rings. The molecule has 4 rings (SSSR count). The highest BCUT2D eigenvalue weighted by Crippen LogP contribution is 2.26. The van der Waals surface area contributed by atoms with Gasteiger partial charge in [-0.15, -0.1) is 11.3 Å². The van der Waals surface area contributed by atoms with Gasteiger partial charge in [0.2, 0.25) is 5.95 Å². The Morgan fingerprint density at radius 2 is 1.97 bits per heavy atom. The minimum Gasteiger partial charge on any atom is -0.474 e. The Balaban J connectivity index is 1.42. The van der Waals surface area contributed by atoms with Crippen molar-refractivity contribution in [3.63, 3.8) is 0 Å². The average Bonchev–Trinajstić information content (AvgIpc) is 3.18. The number of aryl methyl sites for hydroxylation is 2. The predicted octanol–water partition coefficient (Wildman–Crippen LogP) is 3.86. The summed E-state index contributed by atoms with van der Waals surface area (Å²) >= 11 is 1.53. The third kappa shape index (κ3) is 5.14. The van der Waals surface area contributed by atoms with E-state index in [1.54, 1.807) is 0 Å². The van der Waals surface area contributed by atoms with Gasteiger partial charge in [-0.05, 0) is 71.1 Å². The molecule has 0 bridgehead atoms. The molecule has 0 aliphatic carbocycles. The molecule has 0 saturated carbocycles. The van der Waals surface area contributed by atoms with E-state index in [9.17, 15) is 4.79 Å². The minimum absolute atomic E-state index is 0.0185. The second-order valence-corrected chi connectivity index (χ2v) is 9.48. The molecule has 0 unspecified atom stereocenters. The van der Waals surface area contributed by atoms with Crippen LogP contribution in [0, 0.1) is 13.8 Å². The van der Waals surface area contributed by atoms with Crippen LogP contribution in [0.5, 0.6) is 5.06 Å². The number of fused-ring (bicyclic) bond motifs is 1. The summed E-state index contributed by atoms with van der Waals surface area (Å²) in [6.45, 7) is 5.91. The quantitative estimate of drug-likeness (QED) is 0.629. The summed E-state index contributed by atoms with van der Waals surface area (Å²) in [5.74, 6) is 0.600. The summed E-state index contributed by atoms with van der Waals surface area (Å²) in [5, 5.41) is 4.59.